The minimum atomic E-state index is -0.756. The van der Waals surface area contributed by atoms with Gasteiger partial charge in [0.1, 0.15) is 0 Å². The lowest BCUT2D eigenvalue weighted by atomic mass is 9.87. The Balaban J connectivity index is 1.80. The van der Waals surface area contributed by atoms with Crippen LogP contribution in [0.15, 0.2) is 18.3 Å². The van der Waals surface area contributed by atoms with Gasteiger partial charge in [-0.3, -0.25) is 20.0 Å². The topological polar surface area (TPSA) is 121 Å². The van der Waals surface area contributed by atoms with Crippen LogP contribution in [-0.2, 0) is 17.6 Å². The summed E-state index contributed by atoms with van der Waals surface area (Å²) >= 11 is 5.81. The summed E-state index contributed by atoms with van der Waals surface area (Å²) in [4.78, 5) is 22.5. The van der Waals surface area contributed by atoms with Crippen LogP contribution in [0.3, 0.4) is 0 Å². The number of hydrogen-bond donors (Lipinski definition) is 3. The van der Waals surface area contributed by atoms with E-state index < -0.39 is 16.4 Å². The van der Waals surface area contributed by atoms with Crippen LogP contribution >= 0.6 is 11.6 Å². The molecule has 1 aromatic carbocycles. The molecule has 0 bridgehead atoms. The molecule has 0 fully saturated rings. The van der Waals surface area contributed by atoms with Gasteiger partial charge >= 0.3 is 5.69 Å². The normalized spacial score (nSPS) is 16.7. The number of phenols is 1. The number of aromatic hydroxyl groups is 1. The number of halogens is 1. The van der Waals surface area contributed by atoms with Crippen molar-refractivity contribution in [3.05, 3.63) is 44.7 Å². The van der Waals surface area contributed by atoms with Crippen LogP contribution in [0.25, 0.3) is 0 Å². The number of aryl methyl sites for hydroxylation is 1. The lowest BCUT2D eigenvalue weighted by molar-refractivity contribution is -0.385. The van der Waals surface area contributed by atoms with Gasteiger partial charge in [0.2, 0.25) is 11.7 Å². The maximum atomic E-state index is 12.4. The van der Waals surface area contributed by atoms with Crippen LogP contribution in [0.1, 0.15) is 17.7 Å². The van der Waals surface area contributed by atoms with E-state index in [0.717, 1.165) is 23.7 Å². The number of carbonyl (C=O) groups is 1. The van der Waals surface area contributed by atoms with Gasteiger partial charge in [0.25, 0.3) is 0 Å². The molecule has 0 radical (unpaired) electrons. The predicted molar refractivity (Wildman–Crippen MR) is 82.5 cm³/mol. The molecular weight excluding hydrogens is 324 g/mol. The number of carbonyl (C=O) groups excluding carboxylic acids is 1. The number of hydrogen-bond acceptors (Lipinski definition) is 5. The number of phenolic OH excluding ortho intramolecular Hbond substituents is 1. The fourth-order valence-corrected chi connectivity index (χ4v) is 2.90. The summed E-state index contributed by atoms with van der Waals surface area (Å²) in [7, 11) is 0. The second-order valence-electron chi connectivity index (χ2n) is 5.38. The summed E-state index contributed by atoms with van der Waals surface area (Å²) in [5.41, 5.74) is 1.39. The van der Waals surface area contributed by atoms with E-state index in [1.165, 1.54) is 6.07 Å². The summed E-state index contributed by atoms with van der Waals surface area (Å²) in [6.45, 7) is 0. The number of amides is 1. The maximum absolute atomic E-state index is 12.4. The van der Waals surface area contributed by atoms with Crippen molar-refractivity contribution in [1.82, 2.24) is 10.2 Å². The van der Waals surface area contributed by atoms with E-state index in [1.54, 1.807) is 6.20 Å². The number of aromatic nitrogens is 2. The third kappa shape index (κ3) is 2.98. The first-order valence-electron chi connectivity index (χ1n) is 6.94. The highest BCUT2D eigenvalue weighted by atomic mass is 35.5. The van der Waals surface area contributed by atoms with Crippen molar-refractivity contribution in [2.24, 2.45) is 5.92 Å². The van der Waals surface area contributed by atoms with Gasteiger partial charge in [0, 0.05) is 29.1 Å². The van der Waals surface area contributed by atoms with Crippen molar-refractivity contribution in [2.75, 3.05) is 5.32 Å². The summed E-state index contributed by atoms with van der Waals surface area (Å²) in [6.07, 6.45) is 3.62. The Morgan fingerprint density at radius 1 is 1.52 bits per heavy atom. The first-order valence-corrected chi connectivity index (χ1v) is 7.32. The standard InChI is InChI=1S/C14H13ClN4O4/c15-9-4-11(13(20)12(5-9)19(22)23)17-14(21)7-1-2-8-6-16-18-10(8)3-7/h4-7,20H,1-3H2,(H,16,18)(H,17,21)/t7-/m0/s1. The second kappa shape index (κ2) is 5.88. The van der Waals surface area contributed by atoms with Gasteiger partial charge in [-0.25, -0.2) is 0 Å². The fourth-order valence-electron chi connectivity index (χ4n) is 2.69. The third-order valence-corrected chi connectivity index (χ3v) is 4.12. The molecule has 0 spiro atoms. The van der Waals surface area contributed by atoms with Crippen molar-refractivity contribution < 1.29 is 14.8 Å². The molecule has 3 N–H and O–H groups in total. The quantitative estimate of drug-likeness (QED) is 0.451. The van der Waals surface area contributed by atoms with E-state index in [9.17, 15) is 20.0 Å². The number of nitrogens with one attached hydrogen (secondary N) is 2. The van der Waals surface area contributed by atoms with Crippen molar-refractivity contribution >= 4 is 28.9 Å². The molecule has 1 heterocycles. The summed E-state index contributed by atoms with van der Waals surface area (Å²) in [6, 6.07) is 2.32. The van der Waals surface area contributed by atoms with Crippen LogP contribution in [-0.4, -0.2) is 26.1 Å². The Morgan fingerprint density at radius 3 is 3.04 bits per heavy atom. The molecule has 3 rings (SSSR count). The van der Waals surface area contributed by atoms with Crippen molar-refractivity contribution in [1.29, 1.82) is 0 Å². The van der Waals surface area contributed by atoms with E-state index in [2.05, 4.69) is 15.5 Å². The highest BCUT2D eigenvalue weighted by Gasteiger charge is 2.27. The first kappa shape index (κ1) is 15.3. The van der Waals surface area contributed by atoms with Gasteiger partial charge in [-0.1, -0.05) is 11.6 Å². The number of fused-ring (bicyclic) bond motifs is 1. The van der Waals surface area contributed by atoms with Crippen LogP contribution < -0.4 is 5.32 Å². The zero-order valence-electron chi connectivity index (χ0n) is 11.9. The van der Waals surface area contributed by atoms with Gasteiger partial charge in [0.05, 0.1) is 16.8 Å². The van der Waals surface area contributed by atoms with E-state index in [0.29, 0.717) is 12.8 Å². The Labute approximate surface area is 135 Å². The average molecular weight is 337 g/mol. The number of H-pyrrole nitrogens is 1. The van der Waals surface area contributed by atoms with Crippen LogP contribution in [0.5, 0.6) is 5.75 Å². The molecule has 0 saturated carbocycles. The van der Waals surface area contributed by atoms with Crippen molar-refractivity contribution in [3.63, 3.8) is 0 Å². The fraction of sp³-hybridized carbons (Fsp3) is 0.286. The minimum Gasteiger partial charge on any atom is -0.501 e. The van der Waals surface area contributed by atoms with Gasteiger partial charge in [-0.15, -0.1) is 0 Å². The summed E-state index contributed by atoms with van der Waals surface area (Å²) in [5, 5.41) is 30.2. The Bertz CT molecular complexity index is 789. The lowest BCUT2D eigenvalue weighted by Crippen LogP contribution is -2.28. The largest absolute Gasteiger partial charge is 0.501 e. The highest BCUT2D eigenvalue weighted by Crippen LogP contribution is 2.37. The molecule has 1 aliphatic rings. The molecular formula is C14H13ClN4O4. The highest BCUT2D eigenvalue weighted by molar-refractivity contribution is 6.31. The van der Waals surface area contributed by atoms with Gasteiger partial charge in [0.15, 0.2) is 0 Å². The molecule has 23 heavy (non-hydrogen) atoms. The second-order valence-corrected chi connectivity index (χ2v) is 5.82. The van der Waals surface area contributed by atoms with E-state index in [-0.39, 0.29) is 22.5 Å². The molecule has 1 amide bonds. The molecule has 8 nitrogen and oxygen atoms in total. The number of nitrogens with zero attached hydrogens (tertiary/aromatic N) is 2. The van der Waals surface area contributed by atoms with Crippen LogP contribution in [0, 0.1) is 16.0 Å². The Hall–Kier alpha value is -2.61. The summed E-state index contributed by atoms with van der Waals surface area (Å²) < 4.78 is 0. The minimum absolute atomic E-state index is 0.0595. The van der Waals surface area contributed by atoms with E-state index in [1.807, 2.05) is 0 Å². The Morgan fingerprint density at radius 2 is 2.30 bits per heavy atom. The average Bonchev–Trinajstić information content (AvgIpc) is 2.97. The van der Waals surface area contributed by atoms with Gasteiger partial charge in [-0.2, -0.15) is 5.10 Å². The molecule has 1 aromatic heterocycles. The zero-order chi connectivity index (χ0) is 16.6. The van der Waals surface area contributed by atoms with E-state index in [4.69, 9.17) is 11.6 Å². The number of nitro groups is 1. The van der Waals surface area contributed by atoms with Crippen LogP contribution in [0.2, 0.25) is 5.02 Å². The smallest absolute Gasteiger partial charge is 0.314 e. The Kier molecular flexibility index (Phi) is 3.91. The predicted octanol–water partition coefficient (Wildman–Crippen LogP) is 2.42. The maximum Gasteiger partial charge on any atom is 0.314 e. The molecule has 1 aliphatic carbocycles. The lowest BCUT2D eigenvalue weighted by Gasteiger charge is -2.21. The van der Waals surface area contributed by atoms with Gasteiger partial charge in [-0.05, 0) is 24.5 Å². The number of benzene rings is 1. The van der Waals surface area contributed by atoms with Gasteiger partial charge < -0.3 is 10.4 Å². The van der Waals surface area contributed by atoms with E-state index >= 15 is 0 Å². The van der Waals surface area contributed by atoms with Crippen LogP contribution in [0.4, 0.5) is 11.4 Å². The molecule has 1 atom stereocenters. The molecule has 9 heteroatoms. The number of anilines is 1. The SMILES string of the molecule is O=C(Nc1cc(Cl)cc([N+](=O)[O-])c1O)[C@H]1CCc2cn[nH]c2C1. The molecule has 120 valence electrons. The van der Waals surface area contributed by atoms with Crippen molar-refractivity contribution in [2.45, 2.75) is 19.3 Å². The summed E-state index contributed by atoms with van der Waals surface area (Å²) in [5.74, 6) is -1.23. The molecule has 0 aliphatic heterocycles. The number of nitro benzene ring substituents is 1. The number of rotatable bonds is 3. The molecule has 2 aromatic rings. The third-order valence-electron chi connectivity index (χ3n) is 3.90. The first-order chi connectivity index (χ1) is 11.0. The monoisotopic (exact) mass is 336 g/mol. The molecule has 0 saturated heterocycles. The van der Waals surface area contributed by atoms with Crippen molar-refractivity contribution in [3.8, 4) is 5.75 Å². The number of aromatic amines is 1. The zero-order valence-corrected chi connectivity index (χ0v) is 12.6. The molecule has 0 unspecified atom stereocenters.